The quantitative estimate of drug-likeness (QED) is 0.820. The average molecular weight is 266 g/mol. The molecule has 0 spiro atoms. The Labute approximate surface area is 114 Å². The van der Waals surface area contributed by atoms with E-state index in [2.05, 4.69) is 24.2 Å². The van der Waals surface area contributed by atoms with Gasteiger partial charge in [-0.05, 0) is 32.9 Å². The Morgan fingerprint density at radius 2 is 2.21 bits per heavy atom. The van der Waals surface area contributed by atoms with Gasteiger partial charge in [-0.3, -0.25) is 4.90 Å². The van der Waals surface area contributed by atoms with E-state index in [0.717, 1.165) is 12.6 Å². The van der Waals surface area contributed by atoms with Gasteiger partial charge in [0.05, 0.1) is 7.11 Å². The second kappa shape index (κ2) is 6.35. The Hall–Kier alpha value is -1.13. The van der Waals surface area contributed by atoms with Crippen LogP contribution in [0.3, 0.4) is 0 Å². The second-order valence-electron chi connectivity index (χ2n) is 5.31. The number of nitrogens with zero attached hydrogens (tertiary/aromatic N) is 1. The Balaban J connectivity index is 1.82. The third-order valence-electron chi connectivity index (χ3n) is 3.84. The lowest BCUT2D eigenvalue weighted by Crippen LogP contribution is -2.39. The molecule has 0 saturated heterocycles. The summed E-state index contributed by atoms with van der Waals surface area (Å²) in [6.07, 6.45) is 2.62. The first-order chi connectivity index (χ1) is 9.13. The van der Waals surface area contributed by atoms with Crippen molar-refractivity contribution in [2.24, 2.45) is 0 Å². The molecule has 0 amide bonds. The van der Waals surface area contributed by atoms with Crippen molar-refractivity contribution in [1.82, 2.24) is 10.2 Å². The molecule has 1 saturated carbocycles. The highest BCUT2D eigenvalue weighted by molar-refractivity contribution is 5.30. The van der Waals surface area contributed by atoms with E-state index in [1.54, 1.807) is 12.1 Å². The van der Waals surface area contributed by atoms with Crippen LogP contribution in [0.25, 0.3) is 0 Å². The summed E-state index contributed by atoms with van der Waals surface area (Å²) in [5.74, 6) is 0.0446. The molecule has 0 aromatic heterocycles. The highest BCUT2D eigenvalue weighted by Gasteiger charge is 2.28. The van der Waals surface area contributed by atoms with Gasteiger partial charge in [-0.15, -0.1) is 0 Å². The van der Waals surface area contributed by atoms with Crippen LogP contribution in [-0.4, -0.2) is 37.7 Å². The van der Waals surface area contributed by atoms with E-state index >= 15 is 0 Å². The average Bonchev–Trinajstić information content (AvgIpc) is 3.24. The molecular weight excluding hydrogens is 243 g/mol. The SMILES string of the molecule is COc1cccc(CNCC(C)N(C)C2CC2)c1F. The van der Waals surface area contributed by atoms with Crippen LogP contribution in [0.15, 0.2) is 18.2 Å². The van der Waals surface area contributed by atoms with Crippen LogP contribution >= 0.6 is 0 Å². The molecule has 106 valence electrons. The van der Waals surface area contributed by atoms with E-state index < -0.39 is 0 Å². The predicted molar refractivity (Wildman–Crippen MR) is 74.9 cm³/mol. The van der Waals surface area contributed by atoms with Crippen molar-refractivity contribution in [3.63, 3.8) is 0 Å². The standard InChI is InChI=1S/C15H23FN2O/c1-11(18(2)13-7-8-13)9-17-10-12-5-4-6-14(19-3)15(12)16/h4-6,11,13,17H,7-10H2,1-3H3. The fourth-order valence-electron chi connectivity index (χ4n) is 2.25. The molecule has 1 unspecified atom stereocenters. The molecular formula is C15H23FN2O. The minimum atomic E-state index is -0.263. The number of hydrogen-bond donors (Lipinski definition) is 1. The van der Waals surface area contributed by atoms with Crippen LogP contribution < -0.4 is 10.1 Å². The number of nitrogens with one attached hydrogen (secondary N) is 1. The van der Waals surface area contributed by atoms with Gasteiger partial charge in [0.25, 0.3) is 0 Å². The van der Waals surface area contributed by atoms with E-state index in [1.165, 1.54) is 20.0 Å². The Morgan fingerprint density at radius 1 is 1.47 bits per heavy atom. The van der Waals surface area contributed by atoms with Crippen molar-refractivity contribution < 1.29 is 9.13 Å². The van der Waals surface area contributed by atoms with Gasteiger partial charge < -0.3 is 10.1 Å². The second-order valence-corrected chi connectivity index (χ2v) is 5.31. The largest absolute Gasteiger partial charge is 0.494 e. The Bertz CT molecular complexity index is 421. The molecule has 4 heteroatoms. The minimum absolute atomic E-state index is 0.263. The van der Waals surface area contributed by atoms with Crippen LogP contribution in [0.1, 0.15) is 25.3 Å². The van der Waals surface area contributed by atoms with Gasteiger partial charge in [0.1, 0.15) is 0 Å². The maximum atomic E-state index is 13.9. The number of methoxy groups -OCH3 is 1. The number of halogens is 1. The molecule has 1 aromatic rings. The first-order valence-electron chi connectivity index (χ1n) is 6.87. The van der Waals surface area contributed by atoms with Crippen molar-refractivity contribution in [2.75, 3.05) is 20.7 Å². The maximum Gasteiger partial charge on any atom is 0.169 e. The molecule has 19 heavy (non-hydrogen) atoms. The lowest BCUT2D eigenvalue weighted by Gasteiger charge is -2.24. The van der Waals surface area contributed by atoms with E-state index in [9.17, 15) is 4.39 Å². The van der Waals surface area contributed by atoms with Crippen LogP contribution in [0.5, 0.6) is 5.75 Å². The van der Waals surface area contributed by atoms with Crippen LogP contribution in [-0.2, 0) is 6.54 Å². The number of hydrogen-bond acceptors (Lipinski definition) is 3. The van der Waals surface area contributed by atoms with Crippen molar-refractivity contribution in [3.8, 4) is 5.75 Å². The third-order valence-corrected chi connectivity index (χ3v) is 3.84. The van der Waals surface area contributed by atoms with Gasteiger partial charge in [-0.2, -0.15) is 0 Å². The molecule has 1 aliphatic carbocycles. The molecule has 1 atom stereocenters. The Morgan fingerprint density at radius 3 is 2.84 bits per heavy atom. The summed E-state index contributed by atoms with van der Waals surface area (Å²) in [6.45, 7) is 3.60. The molecule has 2 rings (SSSR count). The lowest BCUT2D eigenvalue weighted by atomic mass is 10.2. The van der Waals surface area contributed by atoms with E-state index in [4.69, 9.17) is 4.74 Å². The zero-order valence-corrected chi connectivity index (χ0v) is 11.9. The number of likely N-dealkylation sites (N-methyl/N-ethyl adjacent to an activating group) is 1. The molecule has 1 aliphatic rings. The van der Waals surface area contributed by atoms with E-state index in [0.29, 0.717) is 23.9 Å². The summed E-state index contributed by atoms with van der Waals surface area (Å²) in [5.41, 5.74) is 0.653. The maximum absolute atomic E-state index is 13.9. The van der Waals surface area contributed by atoms with Crippen LogP contribution in [0, 0.1) is 5.82 Å². The molecule has 1 aromatic carbocycles. The first kappa shape index (κ1) is 14.3. The lowest BCUT2D eigenvalue weighted by molar-refractivity contribution is 0.240. The molecule has 3 nitrogen and oxygen atoms in total. The number of rotatable bonds is 7. The van der Waals surface area contributed by atoms with Crippen molar-refractivity contribution >= 4 is 0 Å². The fraction of sp³-hybridized carbons (Fsp3) is 0.600. The zero-order valence-electron chi connectivity index (χ0n) is 11.9. The molecule has 1 N–H and O–H groups in total. The summed E-state index contributed by atoms with van der Waals surface area (Å²) in [4.78, 5) is 2.40. The highest BCUT2D eigenvalue weighted by atomic mass is 19.1. The normalized spacial score (nSPS) is 16.7. The third kappa shape index (κ3) is 3.67. The highest BCUT2D eigenvalue weighted by Crippen LogP contribution is 2.26. The summed E-state index contributed by atoms with van der Waals surface area (Å²) in [6, 6.07) is 6.48. The van der Waals surface area contributed by atoms with Crippen molar-refractivity contribution in [3.05, 3.63) is 29.6 Å². The van der Waals surface area contributed by atoms with Crippen molar-refractivity contribution in [1.29, 1.82) is 0 Å². The predicted octanol–water partition coefficient (Wildman–Crippen LogP) is 2.41. The summed E-state index contributed by atoms with van der Waals surface area (Å²) in [5, 5.41) is 3.32. The molecule has 0 heterocycles. The summed E-state index contributed by atoms with van der Waals surface area (Å²) < 4.78 is 18.9. The van der Waals surface area contributed by atoms with Gasteiger partial charge >= 0.3 is 0 Å². The fourth-order valence-corrected chi connectivity index (χ4v) is 2.25. The first-order valence-corrected chi connectivity index (χ1v) is 6.87. The van der Waals surface area contributed by atoms with Crippen LogP contribution in [0.2, 0.25) is 0 Å². The smallest absolute Gasteiger partial charge is 0.169 e. The van der Waals surface area contributed by atoms with Crippen molar-refractivity contribution in [2.45, 2.75) is 38.4 Å². The van der Waals surface area contributed by atoms with Gasteiger partial charge in [0, 0.05) is 30.7 Å². The van der Waals surface area contributed by atoms with E-state index in [1.807, 2.05) is 6.07 Å². The minimum Gasteiger partial charge on any atom is -0.494 e. The van der Waals surface area contributed by atoms with Gasteiger partial charge in [-0.25, -0.2) is 4.39 Å². The van der Waals surface area contributed by atoms with E-state index in [-0.39, 0.29) is 5.82 Å². The number of ether oxygens (including phenoxy) is 1. The molecule has 0 bridgehead atoms. The van der Waals surface area contributed by atoms with Gasteiger partial charge in [-0.1, -0.05) is 12.1 Å². The van der Waals surface area contributed by atoms with Crippen LogP contribution in [0.4, 0.5) is 4.39 Å². The molecule has 0 aliphatic heterocycles. The number of benzene rings is 1. The molecule has 1 fully saturated rings. The summed E-state index contributed by atoms with van der Waals surface area (Å²) in [7, 11) is 3.65. The summed E-state index contributed by atoms with van der Waals surface area (Å²) >= 11 is 0. The Kier molecular flexibility index (Phi) is 4.77. The zero-order chi connectivity index (χ0) is 13.8. The topological polar surface area (TPSA) is 24.5 Å². The van der Waals surface area contributed by atoms with Gasteiger partial charge in [0.2, 0.25) is 0 Å². The monoisotopic (exact) mass is 266 g/mol. The molecule has 0 radical (unpaired) electrons. The van der Waals surface area contributed by atoms with Gasteiger partial charge in [0.15, 0.2) is 11.6 Å².